The normalized spacial score (nSPS) is 17.6. The first-order valence-electron chi connectivity index (χ1n) is 7.55. The van der Waals surface area contributed by atoms with Gasteiger partial charge < -0.3 is 16.0 Å². The summed E-state index contributed by atoms with van der Waals surface area (Å²) in [6.07, 6.45) is 4.49. The average Bonchev–Trinajstić information content (AvgIpc) is 2.49. The van der Waals surface area contributed by atoms with Crippen LogP contribution >= 0.6 is 0 Å². The van der Waals surface area contributed by atoms with Gasteiger partial charge in [0, 0.05) is 13.1 Å². The molecule has 0 aliphatic carbocycles. The van der Waals surface area contributed by atoms with Gasteiger partial charge in [-0.3, -0.25) is 4.79 Å². The maximum atomic E-state index is 11.9. The summed E-state index contributed by atoms with van der Waals surface area (Å²) in [6.45, 7) is 3.95. The third kappa shape index (κ3) is 4.94. The number of rotatable bonds is 6. The van der Waals surface area contributed by atoms with E-state index in [1.54, 1.807) is 0 Å². The van der Waals surface area contributed by atoms with Crippen LogP contribution in [0.4, 0.5) is 0 Å². The van der Waals surface area contributed by atoms with E-state index in [4.69, 9.17) is 5.73 Å². The zero-order valence-corrected chi connectivity index (χ0v) is 12.1. The minimum absolute atomic E-state index is 0.0501. The Hall–Kier alpha value is -1.39. The first kappa shape index (κ1) is 15.0. The molecule has 1 saturated heterocycles. The van der Waals surface area contributed by atoms with E-state index in [0.29, 0.717) is 13.0 Å². The fourth-order valence-corrected chi connectivity index (χ4v) is 2.61. The van der Waals surface area contributed by atoms with E-state index in [0.717, 1.165) is 25.2 Å². The van der Waals surface area contributed by atoms with Crippen molar-refractivity contribution in [1.29, 1.82) is 0 Å². The van der Waals surface area contributed by atoms with Crippen molar-refractivity contribution >= 4 is 5.91 Å². The van der Waals surface area contributed by atoms with Gasteiger partial charge in [-0.05, 0) is 37.9 Å². The summed E-state index contributed by atoms with van der Waals surface area (Å²) >= 11 is 0. The predicted octanol–water partition coefficient (Wildman–Crippen LogP) is 1.16. The van der Waals surface area contributed by atoms with Gasteiger partial charge in [-0.2, -0.15) is 0 Å². The Labute approximate surface area is 121 Å². The van der Waals surface area contributed by atoms with E-state index in [-0.39, 0.29) is 5.91 Å². The van der Waals surface area contributed by atoms with Crippen LogP contribution in [0, 0.1) is 0 Å². The number of benzene rings is 1. The smallest absolute Gasteiger partial charge is 0.237 e. The monoisotopic (exact) mass is 275 g/mol. The average molecular weight is 275 g/mol. The summed E-state index contributed by atoms with van der Waals surface area (Å²) in [6, 6.07) is 9.45. The highest BCUT2D eigenvalue weighted by Gasteiger charge is 2.14. The Balaban J connectivity index is 1.66. The van der Waals surface area contributed by atoms with Crippen molar-refractivity contribution in [3.63, 3.8) is 0 Å². The summed E-state index contributed by atoms with van der Waals surface area (Å²) < 4.78 is 0. The zero-order chi connectivity index (χ0) is 14.2. The van der Waals surface area contributed by atoms with Gasteiger partial charge in [0.15, 0.2) is 0 Å². The summed E-state index contributed by atoms with van der Waals surface area (Å²) in [5.74, 6) is -0.0501. The number of carbonyl (C=O) groups excluding carboxylic acids is 1. The van der Waals surface area contributed by atoms with Crippen LogP contribution in [0.5, 0.6) is 0 Å². The molecule has 0 aromatic heterocycles. The van der Waals surface area contributed by atoms with E-state index >= 15 is 0 Å². The van der Waals surface area contributed by atoms with Crippen molar-refractivity contribution in [2.75, 3.05) is 26.2 Å². The molecule has 1 aliphatic heterocycles. The fraction of sp³-hybridized carbons (Fsp3) is 0.562. The van der Waals surface area contributed by atoms with Gasteiger partial charge >= 0.3 is 0 Å². The van der Waals surface area contributed by atoms with Crippen LogP contribution in [-0.4, -0.2) is 43.0 Å². The minimum Gasteiger partial charge on any atom is -0.353 e. The molecule has 110 valence electrons. The van der Waals surface area contributed by atoms with Crippen molar-refractivity contribution in [3.05, 3.63) is 35.9 Å². The molecule has 1 aromatic carbocycles. The highest BCUT2D eigenvalue weighted by atomic mass is 16.2. The lowest BCUT2D eigenvalue weighted by atomic mass is 10.1. The molecule has 1 unspecified atom stereocenters. The minimum atomic E-state index is -0.459. The van der Waals surface area contributed by atoms with Crippen molar-refractivity contribution in [1.82, 2.24) is 10.2 Å². The molecular weight excluding hydrogens is 250 g/mol. The van der Waals surface area contributed by atoms with E-state index in [9.17, 15) is 4.79 Å². The summed E-state index contributed by atoms with van der Waals surface area (Å²) in [7, 11) is 0. The van der Waals surface area contributed by atoms with Crippen molar-refractivity contribution in [2.45, 2.75) is 31.7 Å². The van der Waals surface area contributed by atoms with Gasteiger partial charge in [-0.1, -0.05) is 36.8 Å². The number of likely N-dealkylation sites (tertiary alicyclic amines) is 1. The molecule has 0 bridgehead atoms. The highest BCUT2D eigenvalue weighted by Crippen LogP contribution is 2.07. The molecular formula is C16H25N3O. The molecule has 1 aromatic rings. The number of carbonyl (C=O) groups is 1. The van der Waals surface area contributed by atoms with Crippen LogP contribution in [0.15, 0.2) is 30.3 Å². The maximum Gasteiger partial charge on any atom is 0.237 e. The fourth-order valence-electron chi connectivity index (χ4n) is 2.61. The van der Waals surface area contributed by atoms with E-state index in [2.05, 4.69) is 10.2 Å². The number of nitrogens with zero attached hydrogens (tertiary/aromatic N) is 1. The predicted molar refractivity (Wildman–Crippen MR) is 81.4 cm³/mol. The molecule has 0 spiro atoms. The molecule has 20 heavy (non-hydrogen) atoms. The van der Waals surface area contributed by atoms with E-state index in [1.165, 1.54) is 19.3 Å². The lowest BCUT2D eigenvalue weighted by Gasteiger charge is -2.26. The van der Waals surface area contributed by atoms with Crippen molar-refractivity contribution in [3.8, 4) is 0 Å². The summed E-state index contributed by atoms with van der Waals surface area (Å²) in [5.41, 5.74) is 7.05. The van der Waals surface area contributed by atoms with Crippen molar-refractivity contribution in [2.24, 2.45) is 5.73 Å². The Morgan fingerprint density at radius 2 is 1.90 bits per heavy atom. The number of hydrogen-bond donors (Lipinski definition) is 2. The molecule has 0 saturated carbocycles. The highest BCUT2D eigenvalue weighted by molar-refractivity contribution is 5.81. The van der Waals surface area contributed by atoms with Crippen LogP contribution in [-0.2, 0) is 11.2 Å². The van der Waals surface area contributed by atoms with Crippen LogP contribution in [0.1, 0.15) is 24.8 Å². The number of nitrogens with two attached hydrogens (primary N) is 1. The molecule has 1 atom stereocenters. The number of amides is 1. The molecule has 4 heteroatoms. The molecule has 0 radical (unpaired) electrons. The molecule has 2 rings (SSSR count). The van der Waals surface area contributed by atoms with Crippen molar-refractivity contribution < 1.29 is 4.79 Å². The van der Waals surface area contributed by atoms with Crippen LogP contribution < -0.4 is 11.1 Å². The number of hydrogen-bond acceptors (Lipinski definition) is 3. The van der Waals surface area contributed by atoms with Gasteiger partial charge in [0.25, 0.3) is 0 Å². The molecule has 1 fully saturated rings. The Kier molecular flexibility index (Phi) is 6.02. The Morgan fingerprint density at radius 1 is 1.20 bits per heavy atom. The second-order valence-corrected chi connectivity index (χ2v) is 5.49. The molecule has 1 amide bonds. The summed E-state index contributed by atoms with van der Waals surface area (Å²) in [4.78, 5) is 14.3. The lowest BCUT2D eigenvalue weighted by Crippen LogP contribution is -2.45. The second kappa shape index (κ2) is 8.02. The first-order chi connectivity index (χ1) is 9.75. The maximum absolute atomic E-state index is 11.9. The third-order valence-corrected chi connectivity index (χ3v) is 3.81. The largest absolute Gasteiger partial charge is 0.353 e. The SMILES string of the molecule is NC(Cc1ccccc1)C(=O)NCCN1CCCCC1. The van der Waals surface area contributed by atoms with Crippen LogP contribution in [0.3, 0.4) is 0 Å². The Morgan fingerprint density at radius 3 is 2.60 bits per heavy atom. The molecule has 1 aliphatic rings. The molecule has 1 heterocycles. The van der Waals surface area contributed by atoms with Gasteiger partial charge in [0.2, 0.25) is 5.91 Å². The summed E-state index contributed by atoms with van der Waals surface area (Å²) in [5, 5.41) is 2.94. The number of nitrogens with one attached hydrogen (secondary N) is 1. The zero-order valence-electron chi connectivity index (χ0n) is 12.1. The van der Waals surface area contributed by atoms with Crippen LogP contribution in [0.2, 0.25) is 0 Å². The number of piperidine rings is 1. The first-order valence-corrected chi connectivity index (χ1v) is 7.55. The third-order valence-electron chi connectivity index (χ3n) is 3.81. The van der Waals surface area contributed by atoms with E-state index in [1.807, 2.05) is 30.3 Å². The van der Waals surface area contributed by atoms with Crippen LogP contribution in [0.25, 0.3) is 0 Å². The van der Waals surface area contributed by atoms with Gasteiger partial charge in [0.1, 0.15) is 0 Å². The van der Waals surface area contributed by atoms with E-state index < -0.39 is 6.04 Å². The van der Waals surface area contributed by atoms with Gasteiger partial charge in [0.05, 0.1) is 6.04 Å². The Bertz CT molecular complexity index is 401. The van der Waals surface area contributed by atoms with Gasteiger partial charge in [-0.15, -0.1) is 0 Å². The lowest BCUT2D eigenvalue weighted by molar-refractivity contribution is -0.122. The van der Waals surface area contributed by atoms with Gasteiger partial charge in [-0.25, -0.2) is 0 Å². The molecule has 3 N–H and O–H groups in total. The molecule has 4 nitrogen and oxygen atoms in total. The quantitative estimate of drug-likeness (QED) is 0.819. The second-order valence-electron chi connectivity index (χ2n) is 5.49. The topological polar surface area (TPSA) is 58.4 Å². The standard InChI is InChI=1S/C16H25N3O/c17-15(13-14-7-3-1-4-8-14)16(20)18-9-12-19-10-5-2-6-11-19/h1,3-4,7-8,15H,2,5-6,9-13,17H2,(H,18,20).